The van der Waals surface area contributed by atoms with Gasteiger partial charge in [0.15, 0.2) is 0 Å². The number of halogens is 1. The number of benzene rings is 1. The summed E-state index contributed by atoms with van der Waals surface area (Å²) in [5, 5.41) is 8.05. The average molecular weight is 370 g/mol. The van der Waals surface area contributed by atoms with Crippen molar-refractivity contribution < 1.29 is 0 Å². The lowest BCUT2D eigenvalue weighted by Crippen LogP contribution is -2.24. The largest absolute Gasteiger partial charge is 0.309 e. The molecule has 0 amide bonds. The van der Waals surface area contributed by atoms with Crippen LogP contribution in [0.4, 0.5) is 0 Å². The van der Waals surface area contributed by atoms with E-state index in [4.69, 9.17) is 0 Å². The predicted molar refractivity (Wildman–Crippen MR) is 95.0 cm³/mol. The average Bonchev–Trinajstić information content (AvgIpc) is 2.87. The molecule has 0 spiro atoms. The Morgan fingerprint density at radius 2 is 2.00 bits per heavy atom. The lowest BCUT2D eigenvalue weighted by molar-refractivity contribution is 0.577. The van der Waals surface area contributed by atoms with Gasteiger partial charge in [0.1, 0.15) is 0 Å². The minimum absolute atomic E-state index is 0.405. The molecule has 0 aliphatic heterocycles. The molecule has 20 heavy (non-hydrogen) atoms. The topological polar surface area (TPSA) is 12.0 Å². The van der Waals surface area contributed by atoms with Gasteiger partial charge < -0.3 is 5.32 Å². The van der Waals surface area contributed by atoms with Crippen LogP contribution < -0.4 is 5.32 Å². The number of thiophene rings is 1. The Bertz CT molecular complexity index is 522. The molecule has 1 unspecified atom stereocenters. The fourth-order valence-electron chi connectivity index (χ4n) is 1.93. The first-order valence-electron chi connectivity index (χ1n) is 6.85. The van der Waals surface area contributed by atoms with E-state index < -0.39 is 0 Å². The third kappa shape index (κ3) is 4.62. The number of hydrogen-bond acceptors (Lipinski definition) is 3. The highest BCUT2D eigenvalue weighted by Crippen LogP contribution is 2.31. The molecule has 1 nitrogen and oxygen atoms in total. The van der Waals surface area contributed by atoms with Crippen molar-refractivity contribution in [3.05, 3.63) is 50.6 Å². The SMILES string of the molecule is CCCNC(CSc1ccc(C)cc1)c1cscc1Br. The summed E-state index contributed by atoms with van der Waals surface area (Å²) in [5.41, 5.74) is 2.69. The van der Waals surface area contributed by atoms with Crippen LogP contribution in [0.1, 0.15) is 30.5 Å². The van der Waals surface area contributed by atoms with E-state index in [1.807, 2.05) is 11.8 Å². The molecule has 4 heteroatoms. The Morgan fingerprint density at radius 3 is 2.60 bits per heavy atom. The molecule has 0 radical (unpaired) electrons. The maximum Gasteiger partial charge on any atom is 0.0434 e. The van der Waals surface area contributed by atoms with Crippen LogP contribution in [0.3, 0.4) is 0 Å². The standard InChI is InChI=1S/C16H20BrNS2/c1-3-8-18-16(14-9-19-10-15(14)17)11-20-13-6-4-12(2)5-7-13/h4-7,9-10,16,18H,3,8,11H2,1-2H3. The van der Waals surface area contributed by atoms with Gasteiger partial charge in [-0.2, -0.15) is 11.3 Å². The fraction of sp³-hybridized carbons (Fsp3) is 0.375. The van der Waals surface area contributed by atoms with Gasteiger partial charge in [0.2, 0.25) is 0 Å². The molecule has 1 atom stereocenters. The van der Waals surface area contributed by atoms with Crippen molar-refractivity contribution in [2.75, 3.05) is 12.3 Å². The molecule has 1 heterocycles. The van der Waals surface area contributed by atoms with Crippen molar-refractivity contribution >= 4 is 39.0 Å². The maximum absolute atomic E-state index is 3.66. The van der Waals surface area contributed by atoms with Gasteiger partial charge in [-0.25, -0.2) is 0 Å². The second-order valence-electron chi connectivity index (χ2n) is 4.81. The monoisotopic (exact) mass is 369 g/mol. The van der Waals surface area contributed by atoms with Crippen LogP contribution in [0.2, 0.25) is 0 Å². The van der Waals surface area contributed by atoms with Crippen molar-refractivity contribution in [3.63, 3.8) is 0 Å². The summed E-state index contributed by atoms with van der Waals surface area (Å²) in [6.07, 6.45) is 1.16. The van der Waals surface area contributed by atoms with E-state index in [9.17, 15) is 0 Å². The minimum Gasteiger partial charge on any atom is -0.309 e. The van der Waals surface area contributed by atoms with Crippen molar-refractivity contribution in [2.24, 2.45) is 0 Å². The highest BCUT2D eigenvalue weighted by molar-refractivity contribution is 9.10. The van der Waals surface area contributed by atoms with Crippen LogP contribution in [0, 0.1) is 6.92 Å². The molecule has 2 aromatic rings. The van der Waals surface area contributed by atoms with E-state index in [1.54, 1.807) is 11.3 Å². The summed E-state index contributed by atoms with van der Waals surface area (Å²) in [6.45, 7) is 5.39. The quantitative estimate of drug-likeness (QED) is 0.632. The van der Waals surface area contributed by atoms with Gasteiger partial charge in [0.05, 0.1) is 0 Å². The summed E-state index contributed by atoms with van der Waals surface area (Å²) in [6, 6.07) is 9.18. The molecule has 2 rings (SSSR count). The zero-order valence-electron chi connectivity index (χ0n) is 11.9. The zero-order chi connectivity index (χ0) is 14.4. The molecular weight excluding hydrogens is 350 g/mol. The molecule has 0 saturated carbocycles. The predicted octanol–water partition coefficient (Wildman–Crippen LogP) is 5.65. The maximum atomic E-state index is 3.66. The second-order valence-corrected chi connectivity index (χ2v) is 7.50. The van der Waals surface area contributed by atoms with E-state index in [1.165, 1.54) is 20.5 Å². The highest BCUT2D eigenvalue weighted by Gasteiger charge is 2.15. The van der Waals surface area contributed by atoms with Crippen LogP contribution >= 0.6 is 39.0 Å². The van der Waals surface area contributed by atoms with Gasteiger partial charge in [-0.1, -0.05) is 24.6 Å². The van der Waals surface area contributed by atoms with Crippen molar-refractivity contribution in [1.29, 1.82) is 0 Å². The smallest absolute Gasteiger partial charge is 0.0434 e. The molecule has 0 saturated heterocycles. The first kappa shape index (κ1) is 16.1. The molecule has 0 bridgehead atoms. The normalized spacial score (nSPS) is 12.6. The van der Waals surface area contributed by atoms with Crippen LogP contribution in [0.25, 0.3) is 0 Å². The second kappa shape index (κ2) is 8.23. The van der Waals surface area contributed by atoms with Crippen molar-refractivity contribution in [3.8, 4) is 0 Å². The van der Waals surface area contributed by atoms with E-state index in [2.05, 4.69) is 70.1 Å². The Hall–Kier alpha value is -0.290. The molecule has 0 aliphatic carbocycles. The summed E-state index contributed by atoms with van der Waals surface area (Å²) in [4.78, 5) is 1.34. The molecule has 0 fully saturated rings. The first-order valence-corrected chi connectivity index (χ1v) is 9.57. The zero-order valence-corrected chi connectivity index (χ0v) is 15.1. The highest BCUT2D eigenvalue weighted by atomic mass is 79.9. The number of thioether (sulfide) groups is 1. The Morgan fingerprint density at radius 1 is 1.25 bits per heavy atom. The van der Waals surface area contributed by atoms with Gasteiger partial charge in [-0.05, 0) is 58.9 Å². The number of aryl methyl sites for hydroxylation is 1. The Labute approximate surface area is 138 Å². The number of nitrogens with one attached hydrogen (secondary N) is 1. The molecule has 1 aromatic carbocycles. The van der Waals surface area contributed by atoms with E-state index in [-0.39, 0.29) is 0 Å². The summed E-state index contributed by atoms with van der Waals surface area (Å²) in [7, 11) is 0. The van der Waals surface area contributed by atoms with Crippen molar-refractivity contribution in [2.45, 2.75) is 31.2 Å². The molecule has 1 aromatic heterocycles. The lowest BCUT2D eigenvalue weighted by Gasteiger charge is -2.18. The molecule has 108 valence electrons. The van der Waals surface area contributed by atoms with Gasteiger partial charge in [-0.15, -0.1) is 11.8 Å². The third-order valence-electron chi connectivity index (χ3n) is 3.10. The first-order chi connectivity index (χ1) is 9.70. The van der Waals surface area contributed by atoms with E-state index in [0.717, 1.165) is 18.7 Å². The van der Waals surface area contributed by atoms with Crippen LogP contribution in [0.5, 0.6) is 0 Å². The lowest BCUT2D eigenvalue weighted by atomic mass is 10.2. The number of rotatable bonds is 7. The van der Waals surface area contributed by atoms with Crippen LogP contribution in [-0.4, -0.2) is 12.3 Å². The summed E-state index contributed by atoms with van der Waals surface area (Å²) < 4.78 is 1.22. The Balaban J connectivity index is 2.01. The number of hydrogen-bond donors (Lipinski definition) is 1. The van der Waals surface area contributed by atoms with Gasteiger partial charge in [0.25, 0.3) is 0 Å². The summed E-state index contributed by atoms with van der Waals surface area (Å²) >= 11 is 7.33. The van der Waals surface area contributed by atoms with Crippen molar-refractivity contribution in [1.82, 2.24) is 5.32 Å². The van der Waals surface area contributed by atoms with Crippen LogP contribution in [0.15, 0.2) is 44.4 Å². The molecular formula is C16H20BrNS2. The summed E-state index contributed by atoms with van der Waals surface area (Å²) in [5.74, 6) is 1.05. The van der Waals surface area contributed by atoms with Crippen LogP contribution in [-0.2, 0) is 0 Å². The van der Waals surface area contributed by atoms with Gasteiger partial charge in [-0.3, -0.25) is 0 Å². The minimum atomic E-state index is 0.405. The van der Waals surface area contributed by atoms with E-state index >= 15 is 0 Å². The third-order valence-corrected chi connectivity index (χ3v) is 5.95. The Kier molecular flexibility index (Phi) is 6.62. The van der Waals surface area contributed by atoms with Gasteiger partial charge >= 0.3 is 0 Å². The van der Waals surface area contributed by atoms with Gasteiger partial charge in [0, 0.05) is 26.5 Å². The van der Waals surface area contributed by atoms with E-state index in [0.29, 0.717) is 6.04 Å². The molecule has 0 aliphatic rings. The molecule has 1 N–H and O–H groups in total. The fourth-order valence-corrected chi connectivity index (χ4v) is 4.54.